The van der Waals surface area contributed by atoms with E-state index in [1.54, 1.807) is 29.9 Å². The number of amides is 1. The van der Waals surface area contributed by atoms with E-state index < -0.39 is 0 Å². The monoisotopic (exact) mass is 405 g/mol. The molecule has 8 heteroatoms. The number of aromatic nitrogens is 4. The normalized spacial score (nSPS) is 11.0. The van der Waals surface area contributed by atoms with Gasteiger partial charge >= 0.3 is 0 Å². The molecule has 27 heavy (non-hydrogen) atoms. The molecule has 0 saturated carbocycles. The zero-order chi connectivity index (χ0) is 19.7. The lowest BCUT2D eigenvalue weighted by Crippen LogP contribution is -2.27. The Bertz CT molecular complexity index is 955. The largest absolute Gasteiger partial charge is 0.336 e. The van der Waals surface area contributed by atoms with E-state index in [9.17, 15) is 4.79 Å². The van der Waals surface area contributed by atoms with Gasteiger partial charge in [-0.15, -0.1) is 0 Å². The van der Waals surface area contributed by atoms with E-state index in [1.807, 2.05) is 42.8 Å². The fourth-order valence-electron chi connectivity index (χ4n) is 2.89. The average Bonchev–Trinajstić information content (AvgIpc) is 3.09. The van der Waals surface area contributed by atoms with E-state index in [2.05, 4.69) is 10.2 Å². The molecule has 2 aromatic heterocycles. The Morgan fingerprint density at radius 2 is 1.85 bits per heavy atom. The van der Waals surface area contributed by atoms with Crippen molar-refractivity contribution in [3.63, 3.8) is 0 Å². The summed E-state index contributed by atoms with van der Waals surface area (Å²) in [5.41, 5.74) is 4.21. The van der Waals surface area contributed by atoms with Crippen molar-refractivity contribution in [2.75, 3.05) is 7.05 Å². The van der Waals surface area contributed by atoms with Crippen molar-refractivity contribution in [3.8, 4) is 0 Å². The van der Waals surface area contributed by atoms with Crippen LogP contribution in [0.15, 0.2) is 30.5 Å². The van der Waals surface area contributed by atoms with Crippen LogP contribution in [0.1, 0.15) is 33.0 Å². The second kappa shape index (κ2) is 7.74. The average molecular weight is 406 g/mol. The highest BCUT2D eigenvalue weighted by atomic mass is 35.5. The van der Waals surface area contributed by atoms with Crippen LogP contribution in [0.3, 0.4) is 0 Å². The molecule has 0 N–H and O–H groups in total. The van der Waals surface area contributed by atoms with Crippen LogP contribution in [0.2, 0.25) is 10.0 Å². The standard InChI is InChI=1S/C19H21Cl2N5O/c1-12-18(21)13(2)26(23-12)10-14-5-7-15(8-6-14)19(27)24(3)11-17-16(20)9-22-25(17)4/h5-9H,10-11H2,1-4H3. The summed E-state index contributed by atoms with van der Waals surface area (Å²) in [6, 6.07) is 7.52. The topological polar surface area (TPSA) is 56.0 Å². The van der Waals surface area contributed by atoms with E-state index in [4.69, 9.17) is 23.2 Å². The number of rotatable bonds is 5. The molecule has 1 amide bonds. The first-order valence-electron chi connectivity index (χ1n) is 8.48. The molecule has 0 radical (unpaired) electrons. The maximum absolute atomic E-state index is 12.7. The summed E-state index contributed by atoms with van der Waals surface area (Å²) in [6.07, 6.45) is 1.58. The fourth-order valence-corrected chi connectivity index (χ4v) is 3.25. The lowest BCUT2D eigenvalue weighted by Gasteiger charge is -2.18. The van der Waals surface area contributed by atoms with Crippen molar-refractivity contribution in [1.82, 2.24) is 24.5 Å². The molecule has 0 spiro atoms. The number of halogens is 2. The van der Waals surface area contributed by atoms with Gasteiger partial charge in [0.1, 0.15) is 0 Å². The van der Waals surface area contributed by atoms with Crippen molar-refractivity contribution in [1.29, 1.82) is 0 Å². The zero-order valence-electron chi connectivity index (χ0n) is 15.7. The molecule has 6 nitrogen and oxygen atoms in total. The van der Waals surface area contributed by atoms with Crippen molar-refractivity contribution >= 4 is 29.1 Å². The van der Waals surface area contributed by atoms with E-state index in [0.717, 1.165) is 22.6 Å². The van der Waals surface area contributed by atoms with Gasteiger partial charge in [-0.05, 0) is 31.5 Å². The zero-order valence-corrected chi connectivity index (χ0v) is 17.2. The second-order valence-corrected chi connectivity index (χ2v) is 7.35. The number of hydrogen-bond acceptors (Lipinski definition) is 3. The van der Waals surface area contributed by atoms with Crippen LogP contribution < -0.4 is 0 Å². The van der Waals surface area contributed by atoms with E-state index in [1.165, 1.54) is 0 Å². The summed E-state index contributed by atoms with van der Waals surface area (Å²) in [4.78, 5) is 14.3. The first-order chi connectivity index (χ1) is 12.8. The molecular weight excluding hydrogens is 385 g/mol. The SMILES string of the molecule is Cc1nn(Cc2ccc(C(=O)N(C)Cc3c(Cl)cnn3C)cc2)c(C)c1Cl. The minimum absolute atomic E-state index is 0.0759. The van der Waals surface area contributed by atoms with Crippen molar-refractivity contribution < 1.29 is 4.79 Å². The Hall–Kier alpha value is -2.31. The highest BCUT2D eigenvalue weighted by Crippen LogP contribution is 2.20. The maximum atomic E-state index is 12.7. The minimum atomic E-state index is -0.0759. The Kier molecular flexibility index (Phi) is 5.58. The van der Waals surface area contributed by atoms with Crippen LogP contribution >= 0.6 is 23.2 Å². The smallest absolute Gasteiger partial charge is 0.253 e. The highest BCUT2D eigenvalue weighted by Gasteiger charge is 2.16. The van der Waals surface area contributed by atoms with Gasteiger partial charge < -0.3 is 4.90 Å². The molecular formula is C19H21Cl2N5O. The van der Waals surface area contributed by atoms with Crippen LogP contribution in [0.25, 0.3) is 0 Å². The number of hydrogen-bond donors (Lipinski definition) is 0. The van der Waals surface area contributed by atoms with E-state index >= 15 is 0 Å². The number of carbonyl (C=O) groups is 1. The van der Waals surface area contributed by atoms with Crippen molar-refractivity contribution in [2.24, 2.45) is 7.05 Å². The molecule has 0 aliphatic heterocycles. The molecule has 1 aromatic carbocycles. The third kappa shape index (κ3) is 4.01. The molecule has 0 bridgehead atoms. The lowest BCUT2D eigenvalue weighted by atomic mass is 10.1. The highest BCUT2D eigenvalue weighted by molar-refractivity contribution is 6.31. The van der Waals surface area contributed by atoms with E-state index in [0.29, 0.717) is 28.7 Å². The third-order valence-electron chi connectivity index (χ3n) is 4.57. The molecule has 3 aromatic rings. The number of aryl methyl sites for hydroxylation is 2. The van der Waals surface area contributed by atoms with Crippen LogP contribution in [-0.2, 0) is 20.1 Å². The van der Waals surface area contributed by atoms with Gasteiger partial charge in [-0.25, -0.2) is 0 Å². The predicted octanol–water partition coefficient (Wildman–Crippen LogP) is 3.86. The second-order valence-electron chi connectivity index (χ2n) is 6.56. The summed E-state index contributed by atoms with van der Waals surface area (Å²) in [5.74, 6) is -0.0759. The minimum Gasteiger partial charge on any atom is -0.336 e. The van der Waals surface area contributed by atoms with Crippen LogP contribution in [0.5, 0.6) is 0 Å². The third-order valence-corrected chi connectivity index (χ3v) is 5.43. The number of benzene rings is 1. The van der Waals surface area contributed by atoms with Gasteiger partial charge in [0.25, 0.3) is 5.91 Å². The summed E-state index contributed by atoms with van der Waals surface area (Å²) in [5, 5.41) is 9.78. The van der Waals surface area contributed by atoms with Gasteiger partial charge in [-0.1, -0.05) is 35.3 Å². The lowest BCUT2D eigenvalue weighted by molar-refractivity contribution is 0.0782. The van der Waals surface area contributed by atoms with Gasteiger partial charge in [-0.2, -0.15) is 10.2 Å². The van der Waals surface area contributed by atoms with Crippen LogP contribution in [-0.4, -0.2) is 37.4 Å². The Labute approximate surface area is 168 Å². The molecule has 0 aliphatic carbocycles. The van der Waals surface area contributed by atoms with Gasteiger partial charge in [0.15, 0.2) is 0 Å². The van der Waals surface area contributed by atoms with Crippen molar-refractivity contribution in [3.05, 3.63) is 68.7 Å². The van der Waals surface area contributed by atoms with Crippen LogP contribution in [0.4, 0.5) is 0 Å². The number of nitrogens with zero attached hydrogens (tertiary/aromatic N) is 5. The quantitative estimate of drug-likeness (QED) is 0.647. The van der Waals surface area contributed by atoms with Crippen molar-refractivity contribution in [2.45, 2.75) is 26.9 Å². The molecule has 142 valence electrons. The van der Waals surface area contributed by atoms with Crippen LogP contribution in [0, 0.1) is 13.8 Å². The molecule has 0 unspecified atom stereocenters. The Morgan fingerprint density at radius 3 is 2.37 bits per heavy atom. The van der Waals surface area contributed by atoms with Gasteiger partial charge in [0.05, 0.1) is 46.4 Å². The van der Waals surface area contributed by atoms with Gasteiger partial charge in [0.2, 0.25) is 0 Å². The fraction of sp³-hybridized carbons (Fsp3) is 0.316. The van der Waals surface area contributed by atoms with Gasteiger partial charge in [0, 0.05) is 19.7 Å². The van der Waals surface area contributed by atoms with Gasteiger partial charge in [-0.3, -0.25) is 14.2 Å². The first kappa shape index (κ1) is 19.5. The van der Waals surface area contributed by atoms with E-state index in [-0.39, 0.29) is 5.91 Å². The summed E-state index contributed by atoms with van der Waals surface area (Å²) in [7, 11) is 3.55. The molecule has 0 atom stereocenters. The summed E-state index contributed by atoms with van der Waals surface area (Å²) < 4.78 is 3.54. The molecule has 3 rings (SSSR count). The molecule has 0 fully saturated rings. The summed E-state index contributed by atoms with van der Waals surface area (Å²) in [6.45, 7) is 4.82. The number of carbonyl (C=O) groups excluding carboxylic acids is 1. The maximum Gasteiger partial charge on any atom is 0.253 e. The predicted molar refractivity (Wildman–Crippen MR) is 106 cm³/mol. The molecule has 2 heterocycles. The first-order valence-corrected chi connectivity index (χ1v) is 9.23. The summed E-state index contributed by atoms with van der Waals surface area (Å²) >= 11 is 12.3. The molecule has 0 aliphatic rings. The Morgan fingerprint density at radius 1 is 1.19 bits per heavy atom. The Balaban J connectivity index is 1.70. The molecule has 0 saturated heterocycles.